The maximum atomic E-state index is 11.3. The lowest BCUT2D eigenvalue weighted by atomic mass is 10.0. The fraction of sp³-hybridized carbons (Fsp3) is 0.909. The maximum absolute atomic E-state index is 11.3. The van der Waals surface area contributed by atoms with Crippen LogP contribution in [0.1, 0.15) is 44.9 Å². The summed E-state index contributed by atoms with van der Waals surface area (Å²) in [4.78, 5) is 11.3. The molecule has 0 heterocycles. The van der Waals surface area contributed by atoms with E-state index in [1.807, 2.05) is 0 Å². The number of halogens is 1. The molecule has 0 aliphatic heterocycles. The van der Waals surface area contributed by atoms with Crippen LogP contribution in [0.4, 0.5) is 0 Å². The Morgan fingerprint density at radius 1 is 1.36 bits per heavy atom. The first kappa shape index (κ1) is 12.0. The summed E-state index contributed by atoms with van der Waals surface area (Å²) in [6.45, 7) is 0.814. The summed E-state index contributed by atoms with van der Waals surface area (Å²) in [5.74, 6) is 1.06. The topological polar surface area (TPSA) is 29.1 Å². The molecule has 1 amide bonds. The van der Waals surface area contributed by atoms with Crippen molar-refractivity contribution in [1.82, 2.24) is 5.32 Å². The summed E-state index contributed by atoms with van der Waals surface area (Å²) in [6, 6.07) is 0. The number of hydrogen-bond acceptors (Lipinski definition) is 1. The highest BCUT2D eigenvalue weighted by Gasteiger charge is 2.15. The Morgan fingerprint density at radius 3 is 2.71 bits per heavy atom. The Kier molecular flexibility index (Phi) is 6.24. The van der Waals surface area contributed by atoms with E-state index >= 15 is 0 Å². The number of carbonyl (C=O) groups is 1. The zero-order valence-corrected chi connectivity index (χ0v) is 10.3. The SMILES string of the molecule is O=C(CCC1CCCC1)NCCCBr. The van der Waals surface area contributed by atoms with E-state index < -0.39 is 0 Å². The summed E-state index contributed by atoms with van der Waals surface area (Å²) in [5.41, 5.74) is 0. The number of rotatable bonds is 6. The molecule has 1 N–H and O–H groups in total. The molecule has 0 bridgehead atoms. The fourth-order valence-corrected chi connectivity index (χ4v) is 2.30. The molecular formula is C11H20BrNO. The number of nitrogens with one attached hydrogen (secondary N) is 1. The van der Waals surface area contributed by atoms with Gasteiger partial charge in [0, 0.05) is 18.3 Å². The van der Waals surface area contributed by atoms with Crippen molar-refractivity contribution >= 4 is 21.8 Å². The molecule has 0 aromatic carbocycles. The molecule has 1 rings (SSSR count). The standard InChI is InChI=1S/C11H20BrNO/c12-8-3-9-13-11(14)7-6-10-4-1-2-5-10/h10H,1-9H2,(H,13,14). The van der Waals surface area contributed by atoms with Gasteiger partial charge in [-0.1, -0.05) is 41.6 Å². The zero-order valence-electron chi connectivity index (χ0n) is 8.73. The van der Waals surface area contributed by atoms with Gasteiger partial charge in [0.25, 0.3) is 0 Å². The Hall–Kier alpha value is -0.0500. The molecule has 1 fully saturated rings. The third-order valence-electron chi connectivity index (χ3n) is 2.89. The van der Waals surface area contributed by atoms with Crippen molar-refractivity contribution in [2.45, 2.75) is 44.9 Å². The average Bonchev–Trinajstić information content (AvgIpc) is 2.68. The van der Waals surface area contributed by atoms with Crippen molar-refractivity contribution in [2.75, 3.05) is 11.9 Å². The van der Waals surface area contributed by atoms with Gasteiger partial charge in [-0.2, -0.15) is 0 Å². The van der Waals surface area contributed by atoms with Gasteiger partial charge in [0.2, 0.25) is 5.91 Å². The highest BCUT2D eigenvalue weighted by Crippen LogP contribution is 2.28. The predicted molar refractivity (Wildman–Crippen MR) is 62.6 cm³/mol. The third-order valence-corrected chi connectivity index (χ3v) is 3.45. The van der Waals surface area contributed by atoms with E-state index in [0.717, 1.165) is 37.1 Å². The van der Waals surface area contributed by atoms with Crippen molar-refractivity contribution < 1.29 is 4.79 Å². The monoisotopic (exact) mass is 261 g/mol. The molecule has 2 nitrogen and oxygen atoms in total. The molecule has 0 aromatic rings. The average molecular weight is 262 g/mol. The normalized spacial score (nSPS) is 17.2. The molecule has 1 aliphatic rings. The van der Waals surface area contributed by atoms with Crippen LogP contribution in [0.2, 0.25) is 0 Å². The van der Waals surface area contributed by atoms with Crippen LogP contribution in [0.3, 0.4) is 0 Å². The first-order chi connectivity index (χ1) is 6.83. The summed E-state index contributed by atoms with van der Waals surface area (Å²) < 4.78 is 0. The zero-order chi connectivity index (χ0) is 10.2. The van der Waals surface area contributed by atoms with Gasteiger partial charge >= 0.3 is 0 Å². The molecular weight excluding hydrogens is 242 g/mol. The fourth-order valence-electron chi connectivity index (χ4n) is 2.02. The molecule has 0 saturated heterocycles. The van der Waals surface area contributed by atoms with Crippen LogP contribution in [0.25, 0.3) is 0 Å². The molecule has 3 heteroatoms. The van der Waals surface area contributed by atoms with Crippen molar-refractivity contribution in [3.05, 3.63) is 0 Å². The van der Waals surface area contributed by atoms with Crippen molar-refractivity contribution in [3.63, 3.8) is 0 Å². The largest absolute Gasteiger partial charge is 0.356 e. The van der Waals surface area contributed by atoms with E-state index in [-0.39, 0.29) is 5.91 Å². The Labute approximate surface area is 95.0 Å². The molecule has 82 valence electrons. The van der Waals surface area contributed by atoms with E-state index in [4.69, 9.17) is 0 Å². The second-order valence-corrected chi connectivity index (χ2v) is 4.87. The molecule has 0 radical (unpaired) electrons. The van der Waals surface area contributed by atoms with Crippen LogP contribution >= 0.6 is 15.9 Å². The molecule has 0 atom stereocenters. The van der Waals surface area contributed by atoms with E-state index in [0.29, 0.717) is 0 Å². The summed E-state index contributed by atoms with van der Waals surface area (Å²) >= 11 is 3.34. The minimum atomic E-state index is 0.234. The van der Waals surface area contributed by atoms with Crippen molar-refractivity contribution in [1.29, 1.82) is 0 Å². The van der Waals surface area contributed by atoms with Crippen LogP contribution in [0, 0.1) is 5.92 Å². The highest BCUT2D eigenvalue weighted by molar-refractivity contribution is 9.09. The van der Waals surface area contributed by atoms with Crippen LogP contribution in [0.5, 0.6) is 0 Å². The van der Waals surface area contributed by atoms with Crippen LogP contribution in [-0.4, -0.2) is 17.8 Å². The molecule has 0 unspecified atom stereocenters. The van der Waals surface area contributed by atoms with E-state index in [2.05, 4.69) is 21.2 Å². The van der Waals surface area contributed by atoms with Crippen LogP contribution in [0.15, 0.2) is 0 Å². The quantitative estimate of drug-likeness (QED) is 0.578. The van der Waals surface area contributed by atoms with Crippen molar-refractivity contribution in [2.24, 2.45) is 5.92 Å². The van der Waals surface area contributed by atoms with Crippen LogP contribution in [-0.2, 0) is 4.79 Å². The number of amides is 1. The lowest BCUT2D eigenvalue weighted by Crippen LogP contribution is -2.24. The summed E-state index contributed by atoms with van der Waals surface area (Å²) in [7, 11) is 0. The van der Waals surface area contributed by atoms with E-state index in [1.165, 1.54) is 25.7 Å². The first-order valence-corrected chi connectivity index (χ1v) is 6.77. The molecule has 1 aliphatic carbocycles. The molecule has 1 saturated carbocycles. The predicted octanol–water partition coefficient (Wildman–Crippen LogP) is 2.86. The van der Waals surface area contributed by atoms with Gasteiger partial charge in [0.1, 0.15) is 0 Å². The lowest BCUT2D eigenvalue weighted by molar-refractivity contribution is -0.121. The van der Waals surface area contributed by atoms with Gasteiger partial charge < -0.3 is 5.32 Å². The molecule has 0 spiro atoms. The Bertz CT molecular complexity index is 167. The third kappa shape index (κ3) is 4.99. The lowest BCUT2D eigenvalue weighted by Gasteiger charge is -2.08. The smallest absolute Gasteiger partial charge is 0.220 e. The Morgan fingerprint density at radius 2 is 2.07 bits per heavy atom. The summed E-state index contributed by atoms with van der Waals surface area (Å²) in [6.07, 6.45) is 8.28. The first-order valence-electron chi connectivity index (χ1n) is 5.65. The van der Waals surface area contributed by atoms with Gasteiger partial charge in [-0.25, -0.2) is 0 Å². The minimum absolute atomic E-state index is 0.234. The molecule has 14 heavy (non-hydrogen) atoms. The second-order valence-electron chi connectivity index (χ2n) is 4.08. The Balaban J connectivity index is 1.96. The van der Waals surface area contributed by atoms with Gasteiger partial charge in [-0.05, 0) is 18.8 Å². The maximum Gasteiger partial charge on any atom is 0.220 e. The number of hydrogen-bond donors (Lipinski definition) is 1. The minimum Gasteiger partial charge on any atom is -0.356 e. The number of alkyl halides is 1. The molecule has 0 aromatic heterocycles. The number of carbonyl (C=O) groups excluding carboxylic acids is 1. The van der Waals surface area contributed by atoms with E-state index in [1.54, 1.807) is 0 Å². The van der Waals surface area contributed by atoms with E-state index in [9.17, 15) is 4.79 Å². The van der Waals surface area contributed by atoms with Gasteiger partial charge in [-0.15, -0.1) is 0 Å². The van der Waals surface area contributed by atoms with Crippen LogP contribution < -0.4 is 5.32 Å². The van der Waals surface area contributed by atoms with Gasteiger partial charge in [0.15, 0.2) is 0 Å². The highest BCUT2D eigenvalue weighted by atomic mass is 79.9. The van der Waals surface area contributed by atoms with Gasteiger partial charge in [-0.3, -0.25) is 4.79 Å². The summed E-state index contributed by atoms with van der Waals surface area (Å²) in [5, 5.41) is 3.91. The second kappa shape index (κ2) is 7.27. The van der Waals surface area contributed by atoms with Crippen molar-refractivity contribution in [3.8, 4) is 0 Å². The van der Waals surface area contributed by atoms with Gasteiger partial charge in [0.05, 0.1) is 0 Å².